The fraction of sp³-hybridized carbons (Fsp3) is 0.933. The summed E-state index contributed by atoms with van der Waals surface area (Å²) in [4.78, 5) is 42.2. The Balaban J connectivity index is 3.97. The Hall–Kier alpha value is -0.950. The summed E-state index contributed by atoms with van der Waals surface area (Å²) in [6.07, 6.45) is 24.2. The molecule has 0 aliphatic rings. The first-order chi connectivity index (χ1) is 18.8. The van der Waals surface area contributed by atoms with Gasteiger partial charge in [0.1, 0.15) is 6.61 Å². The van der Waals surface area contributed by atoms with Gasteiger partial charge in [-0.2, -0.15) is 0 Å². The molecule has 0 fully saturated rings. The van der Waals surface area contributed by atoms with E-state index in [2.05, 4.69) is 18.4 Å². The third kappa shape index (κ3) is 29.8. The van der Waals surface area contributed by atoms with Crippen LogP contribution >= 0.6 is 7.82 Å². The molecular formula is C30H59O8P. The number of hydrogen-bond acceptors (Lipinski definition) is 6. The maximum absolute atomic E-state index is 12.2. The van der Waals surface area contributed by atoms with Gasteiger partial charge in [0.25, 0.3) is 0 Å². The molecule has 1 atom stereocenters. The van der Waals surface area contributed by atoms with Crippen molar-refractivity contribution < 1.29 is 37.9 Å². The van der Waals surface area contributed by atoms with Crippen molar-refractivity contribution in [1.29, 1.82) is 0 Å². The third-order valence-corrected chi connectivity index (χ3v) is 7.36. The van der Waals surface area contributed by atoms with E-state index in [0.717, 1.165) is 32.1 Å². The standard InChI is InChI=1S/C30H59O8P/c1-3-5-7-9-11-12-13-14-15-16-17-19-21-23-25-30(32)38-28(27-37-39(33,34)35)26-36-29(31)24-22-20-18-10-8-6-4-2/h28H,3-27H2,1-2H3,(H2,33,34,35). The fourth-order valence-corrected chi connectivity index (χ4v) is 4.85. The van der Waals surface area contributed by atoms with Crippen molar-refractivity contribution in [3.63, 3.8) is 0 Å². The normalized spacial score (nSPS) is 12.4. The largest absolute Gasteiger partial charge is 0.469 e. The highest BCUT2D eigenvalue weighted by molar-refractivity contribution is 7.46. The molecule has 0 rings (SSSR count). The van der Waals surface area contributed by atoms with Crippen LogP contribution in [-0.2, 0) is 28.2 Å². The van der Waals surface area contributed by atoms with Crippen molar-refractivity contribution >= 4 is 19.8 Å². The molecule has 0 saturated heterocycles. The highest BCUT2D eigenvalue weighted by Crippen LogP contribution is 2.35. The number of carbonyl (C=O) groups excluding carboxylic acids is 2. The molecule has 0 saturated carbocycles. The van der Waals surface area contributed by atoms with E-state index >= 15 is 0 Å². The topological polar surface area (TPSA) is 119 Å². The van der Waals surface area contributed by atoms with E-state index in [1.54, 1.807) is 0 Å². The number of phosphoric acid groups is 1. The fourth-order valence-electron chi connectivity index (χ4n) is 4.49. The van der Waals surface area contributed by atoms with Crippen molar-refractivity contribution in [2.24, 2.45) is 0 Å². The number of esters is 2. The smallest absolute Gasteiger partial charge is 0.462 e. The van der Waals surface area contributed by atoms with Gasteiger partial charge >= 0.3 is 19.8 Å². The van der Waals surface area contributed by atoms with Crippen LogP contribution in [0.3, 0.4) is 0 Å². The highest BCUT2D eigenvalue weighted by atomic mass is 31.2. The Labute approximate surface area is 238 Å². The molecule has 0 aliphatic heterocycles. The first-order valence-electron chi connectivity index (χ1n) is 15.8. The number of carbonyl (C=O) groups is 2. The first-order valence-corrected chi connectivity index (χ1v) is 17.4. The lowest BCUT2D eigenvalue weighted by Gasteiger charge is -2.18. The lowest BCUT2D eigenvalue weighted by Crippen LogP contribution is -2.29. The lowest BCUT2D eigenvalue weighted by molar-refractivity contribution is -0.161. The average molecular weight is 579 g/mol. The average Bonchev–Trinajstić information content (AvgIpc) is 2.89. The summed E-state index contributed by atoms with van der Waals surface area (Å²) in [5.41, 5.74) is 0. The molecule has 0 aliphatic carbocycles. The summed E-state index contributed by atoms with van der Waals surface area (Å²) in [6, 6.07) is 0. The van der Waals surface area contributed by atoms with Crippen LogP contribution in [0.2, 0.25) is 0 Å². The lowest BCUT2D eigenvalue weighted by atomic mass is 10.0. The van der Waals surface area contributed by atoms with Gasteiger partial charge in [0.2, 0.25) is 0 Å². The monoisotopic (exact) mass is 578 g/mol. The molecule has 0 aromatic heterocycles. The van der Waals surface area contributed by atoms with Gasteiger partial charge in [-0.15, -0.1) is 0 Å². The van der Waals surface area contributed by atoms with Crippen molar-refractivity contribution in [2.75, 3.05) is 13.2 Å². The van der Waals surface area contributed by atoms with Crippen LogP contribution in [-0.4, -0.2) is 41.0 Å². The van der Waals surface area contributed by atoms with Gasteiger partial charge in [0, 0.05) is 12.8 Å². The molecule has 0 aromatic carbocycles. The molecule has 8 nitrogen and oxygen atoms in total. The molecule has 9 heteroatoms. The molecule has 0 radical (unpaired) electrons. The van der Waals surface area contributed by atoms with Crippen LogP contribution in [0, 0.1) is 0 Å². The van der Waals surface area contributed by atoms with Crippen molar-refractivity contribution in [2.45, 2.75) is 168 Å². The van der Waals surface area contributed by atoms with E-state index in [4.69, 9.17) is 19.3 Å². The second-order valence-corrected chi connectivity index (χ2v) is 12.0. The third-order valence-electron chi connectivity index (χ3n) is 6.88. The number of rotatable bonds is 29. The Morgan fingerprint density at radius 2 is 0.923 bits per heavy atom. The van der Waals surface area contributed by atoms with Gasteiger partial charge in [-0.25, -0.2) is 4.57 Å². The Kier molecular flexibility index (Phi) is 26.6. The molecule has 0 spiro atoms. The van der Waals surface area contributed by atoms with Crippen LogP contribution < -0.4 is 0 Å². The summed E-state index contributed by atoms with van der Waals surface area (Å²) in [6.45, 7) is 3.61. The second kappa shape index (κ2) is 27.2. The van der Waals surface area contributed by atoms with E-state index in [1.165, 1.54) is 96.3 Å². The van der Waals surface area contributed by atoms with Gasteiger partial charge in [0.15, 0.2) is 6.10 Å². The SMILES string of the molecule is CCCCCCCCCCCCCCCCC(=O)OC(COC(=O)CCCCCCCCC)COP(=O)(O)O. The summed E-state index contributed by atoms with van der Waals surface area (Å²) in [5.74, 6) is -0.885. The number of unbranched alkanes of at least 4 members (excludes halogenated alkanes) is 19. The van der Waals surface area contributed by atoms with Gasteiger partial charge in [-0.05, 0) is 12.8 Å². The van der Waals surface area contributed by atoms with Crippen LogP contribution in [0.15, 0.2) is 0 Å². The maximum atomic E-state index is 12.2. The van der Waals surface area contributed by atoms with E-state index in [9.17, 15) is 14.2 Å². The Morgan fingerprint density at radius 1 is 0.564 bits per heavy atom. The van der Waals surface area contributed by atoms with Crippen molar-refractivity contribution in [1.82, 2.24) is 0 Å². The zero-order valence-electron chi connectivity index (χ0n) is 25.0. The number of ether oxygens (including phenoxy) is 2. The van der Waals surface area contributed by atoms with Crippen LogP contribution in [0.25, 0.3) is 0 Å². The van der Waals surface area contributed by atoms with Crippen molar-refractivity contribution in [3.05, 3.63) is 0 Å². The molecule has 0 bridgehead atoms. The number of phosphoric ester groups is 1. The summed E-state index contributed by atoms with van der Waals surface area (Å²) in [7, 11) is -4.73. The van der Waals surface area contributed by atoms with Crippen LogP contribution in [0.5, 0.6) is 0 Å². The van der Waals surface area contributed by atoms with Crippen molar-refractivity contribution in [3.8, 4) is 0 Å². The summed E-state index contributed by atoms with van der Waals surface area (Å²) >= 11 is 0. The van der Waals surface area contributed by atoms with E-state index < -0.39 is 32.5 Å². The maximum Gasteiger partial charge on any atom is 0.469 e. The van der Waals surface area contributed by atoms with Gasteiger partial charge in [-0.1, -0.05) is 136 Å². The van der Waals surface area contributed by atoms with Gasteiger partial charge in [-0.3, -0.25) is 14.1 Å². The summed E-state index contributed by atoms with van der Waals surface area (Å²) in [5, 5.41) is 0. The Morgan fingerprint density at radius 3 is 1.31 bits per heavy atom. The van der Waals surface area contributed by atoms with E-state index in [0.29, 0.717) is 6.42 Å². The zero-order chi connectivity index (χ0) is 29.0. The summed E-state index contributed by atoms with van der Waals surface area (Å²) < 4.78 is 26.1. The molecule has 2 N–H and O–H groups in total. The van der Waals surface area contributed by atoms with Gasteiger partial charge < -0.3 is 19.3 Å². The predicted molar refractivity (Wildman–Crippen MR) is 156 cm³/mol. The van der Waals surface area contributed by atoms with Gasteiger partial charge in [0.05, 0.1) is 6.61 Å². The first kappa shape index (κ1) is 38.0. The number of hydrogen-bond donors (Lipinski definition) is 2. The molecule has 0 amide bonds. The minimum Gasteiger partial charge on any atom is -0.462 e. The highest BCUT2D eigenvalue weighted by Gasteiger charge is 2.22. The molecule has 1 unspecified atom stereocenters. The minimum absolute atomic E-state index is 0.219. The molecule has 0 aromatic rings. The van der Waals surface area contributed by atoms with E-state index in [-0.39, 0.29) is 19.4 Å². The molecular weight excluding hydrogens is 519 g/mol. The molecule has 39 heavy (non-hydrogen) atoms. The molecule has 232 valence electrons. The van der Waals surface area contributed by atoms with E-state index in [1.807, 2.05) is 0 Å². The zero-order valence-corrected chi connectivity index (χ0v) is 25.9. The quantitative estimate of drug-likeness (QED) is 0.0514. The van der Waals surface area contributed by atoms with Crippen LogP contribution in [0.4, 0.5) is 0 Å². The predicted octanol–water partition coefficient (Wildman–Crippen LogP) is 8.56. The molecule has 0 heterocycles. The van der Waals surface area contributed by atoms with Crippen LogP contribution in [0.1, 0.15) is 162 Å². The minimum atomic E-state index is -4.73. The Bertz CT molecular complexity index is 622. The second-order valence-electron chi connectivity index (χ2n) is 10.8.